The van der Waals surface area contributed by atoms with Gasteiger partial charge in [0.2, 0.25) is 5.91 Å². The van der Waals surface area contributed by atoms with Crippen molar-refractivity contribution in [3.8, 4) is 11.5 Å². The average molecular weight is 369 g/mol. The van der Waals surface area contributed by atoms with E-state index in [1.54, 1.807) is 18.2 Å². The van der Waals surface area contributed by atoms with Crippen molar-refractivity contribution in [2.75, 3.05) is 19.0 Å². The molecule has 0 aliphatic carbocycles. The maximum Gasteiger partial charge on any atom is 0.416 e. The fraction of sp³-hybridized carbons (Fsp3) is 0.278. The lowest BCUT2D eigenvalue weighted by Gasteiger charge is -2.25. The molecule has 1 amide bonds. The first-order valence-electron chi connectivity index (χ1n) is 7.75. The maximum absolute atomic E-state index is 13.8. The molecule has 0 radical (unpaired) electrons. The number of nitrogens with one attached hydrogen (secondary N) is 1. The molecule has 0 saturated carbocycles. The van der Waals surface area contributed by atoms with Crippen molar-refractivity contribution in [3.05, 3.63) is 53.3 Å². The first-order chi connectivity index (χ1) is 12.3. The lowest BCUT2D eigenvalue weighted by atomic mass is 9.95. The van der Waals surface area contributed by atoms with Gasteiger partial charge in [0.25, 0.3) is 0 Å². The molecule has 0 spiro atoms. The minimum atomic E-state index is -4.63. The highest BCUT2D eigenvalue weighted by molar-refractivity contribution is 5.93. The SMILES string of the molecule is COc1ccc2c(c1)OCC(C(=O)Nc1cc(C(F)(F)F)ccc1F)C2. The summed E-state index contributed by atoms with van der Waals surface area (Å²) in [6, 6.07) is 7.04. The summed E-state index contributed by atoms with van der Waals surface area (Å²) in [5.74, 6) is -1.00. The molecule has 2 aromatic rings. The Labute approximate surface area is 146 Å². The fourth-order valence-electron chi connectivity index (χ4n) is 2.68. The number of benzene rings is 2. The Morgan fingerprint density at radius 3 is 2.69 bits per heavy atom. The molecule has 4 nitrogen and oxygen atoms in total. The molecule has 0 bridgehead atoms. The fourth-order valence-corrected chi connectivity index (χ4v) is 2.68. The maximum atomic E-state index is 13.8. The summed E-state index contributed by atoms with van der Waals surface area (Å²) < 4.78 is 62.7. The molecule has 1 unspecified atom stereocenters. The summed E-state index contributed by atoms with van der Waals surface area (Å²) in [7, 11) is 1.52. The van der Waals surface area contributed by atoms with Crippen molar-refractivity contribution in [1.29, 1.82) is 0 Å². The zero-order chi connectivity index (χ0) is 18.9. The summed E-state index contributed by atoms with van der Waals surface area (Å²) in [5.41, 5.74) is -0.779. The molecule has 1 aliphatic heterocycles. The molecule has 1 N–H and O–H groups in total. The second-order valence-electron chi connectivity index (χ2n) is 5.87. The number of carbonyl (C=O) groups is 1. The second kappa shape index (κ2) is 6.86. The van der Waals surface area contributed by atoms with E-state index in [1.165, 1.54) is 7.11 Å². The number of halogens is 4. The quantitative estimate of drug-likeness (QED) is 0.831. The van der Waals surface area contributed by atoms with Crippen molar-refractivity contribution < 1.29 is 31.8 Å². The average Bonchev–Trinajstić information content (AvgIpc) is 2.61. The molecule has 1 heterocycles. The number of rotatable bonds is 3. The number of hydrogen-bond acceptors (Lipinski definition) is 3. The van der Waals surface area contributed by atoms with Crippen LogP contribution in [0.15, 0.2) is 36.4 Å². The Bertz CT molecular complexity index is 836. The van der Waals surface area contributed by atoms with Crippen molar-refractivity contribution >= 4 is 11.6 Å². The number of fused-ring (bicyclic) bond motifs is 1. The Morgan fingerprint density at radius 2 is 2.00 bits per heavy atom. The van der Waals surface area contributed by atoms with Gasteiger partial charge in [-0.1, -0.05) is 6.07 Å². The first-order valence-corrected chi connectivity index (χ1v) is 7.75. The van der Waals surface area contributed by atoms with E-state index < -0.39 is 35.1 Å². The lowest BCUT2D eigenvalue weighted by Crippen LogP contribution is -2.33. The van der Waals surface area contributed by atoms with Gasteiger partial charge in [-0.15, -0.1) is 0 Å². The molecule has 26 heavy (non-hydrogen) atoms. The van der Waals surface area contributed by atoms with Gasteiger partial charge < -0.3 is 14.8 Å². The summed E-state index contributed by atoms with van der Waals surface area (Å²) in [6.07, 6.45) is -4.30. The van der Waals surface area contributed by atoms with Crippen LogP contribution >= 0.6 is 0 Å². The highest BCUT2D eigenvalue weighted by Gasteiger charge is 2.32. The number of anilines is 1. The van der Waals surface area contributed by atoms with E-state index in [0.29, 0.717) is 36.1 Å². The topological polar surface area (TPSA) is 47.6 Å². The summed E-state index contributed by atoms with van der Waals surface area (Å²) in [5, 5.41) is 2.23. The van der Waals surface area contributed by atoms with Crippen LogP contribution in [0, 0.1) is 11.7 Å². The largest absolute Gasteiger partial charge is 0.497 e. The third-order valence-electron chi connectivity index (χ3n) is 4.10. The zero-order valence-corrected chi connectivity index (χ0v) is 13.7. The van der Waals surface area contributed by atoms with E-state index in [1.807, 2.05) is 0 Å². The van der Waals surface area contributed by atoms with E-state index in [4.69, 9.17) is 9.47 Å². The molecule has 1 atom stereocenters. The number of methoxy groups -OCH3 is 1. The Hall–Kier alpha value is -2.77. The lowest BCUT2D eigenvalue weighted by molar-refractivity contribution is -0.137. The van der Waals surface area contributed by atoms with Crippen LogP contribution in [-0.4, -0.2) is 19.6 Å². The van der Waals surface area contributed by atoms with Gasteiger partial charge in [-0.25, -0.2) is 4.39 Å². The minimum Gasteiger partial charge on any atom is -0.497 e. The standard InChI is InChI=1S/C18H15F4NO3/c1-25-13-4-2-10-6-11(9-26-16(10)8-13)17(24)23-15-7-12(18(20,21)22)3-5-14(15)19/h2-5,7-8,11H,6,9H2,1H3,(H,23,24). The number of ether oxygens (including phenoxy) is 2. The van der Waals surface area contributed by atoms with Gasteiger partial charge in [-0.2, -0.15) is 13.2 Å². The molecule has 1 aliphatic rings. The van der Waals surface area contributed by atoms with Crippen LogP contribution in [0.2, 0.25) is 0 Å². The van der Waals surface area contributed by atoms with Gasteiger partial charge in [-0.3, -0.25) is 4.79 Å². The Morgan fingerprint density at radius 1 is 1.23 bits per heavy atom. The minimum absolute atomic E-state index is 0.0343. The van der Waals surface area contributed by atoms with Crippen molar-refractivity contribution in [1.82, 2.24) is 0 Å². The van der Waals surface area contributed by atoms with Crippen LogP contribution in [-0.2, 0) is 17.4 Å². The number of carbonyl (C=O) groups excluding carboxylic acids is 1. The van der Waals surface area contributed by atoms with Crippen LogP contribution in [0.5, 0.6) is 11.5 Å². The predicted molar refractivity (Wildman–Crippen MR) is 85.7 cm³/mol. The van der Waals surface area contributed by atoms with Gasteiger partial charge in [-0.05, 0) is 36.2 Å². The molecule has 0 saturated heterocycles. The van der Waals surface area contributed by atoms with Gasteiger partial charge in [0.15, 0.2) is 0 Å². The zero-order valence-electron chi connectivity index (χ0n) is 13.7. The first kappa shape index (κ1) is 18.0. The van der Waals surface area contributed by atoms with Crippen molar-refractivity contribution in [2.45, 2.75) is 12.6 Å². The number of alkyl halides is 3. The number of hydrogen-bond donors (Lipinski definition) is 1. The van der Waals surface area contributed by atoms with E-state index >= 15 is 0 Å². The molecule has 2 aromatic carbocycles. The molecule has 0 fully saturated rings. The van der Waals surface area contributed by atoms with Crippen LogP contribution in [0.25, 0.3) is 0 Å². The van der Waals surface area contributed by atoms with E-state index in [-0.39, 0.29) is 6.61 Å². The highest BCUT2D eigenvalue weighted by atomic mass is 19.4. The van der Waals surface area contributed by atoms with Gasteiger partial charge in [0.05, 0.1) is 24.3 Å². The molecular formula is C18H15F4NO3. The smallest absolute Gasteiger partial charge is 0.416 e. The van der Waals surface area contributed by atoms with Crippen LogP contribution in [0.1, 0.15) is 11.1 Å². The second-order valence-corrected chi connectivity index (χ2v) is 5.87. The van der Waals surface area contributed by atoms with Gasteiger partial charge >= 0.3 is 6.18 Å². The Kier molecular flexibility index (Phi) is 4.76. The summed E-state index contributed by atoms with van der Waals surface area (Å²) >= 11 is 0. The van der Waals surface area contributed by atoms with Crippen LogP contribution in [0.4, 0.5) is 23.2 Å². The third-order valence-corrected chi connectivity index (χ3v) is 4.10. The normalized spacial score (nSPS) is 16.4. The molecule has 0 aromatic heterocycles. The molecule has 138 valence electrons. The summed E-state index contributed by atoms with van der Waals surface area (Å²) in [6.45, 7) is 0.0343. The third kappa shape index (κ3) is 3.74. The molecular weight excluding hydrogens is 354 g/mol. The van der Waals surface area contributed by atoms with E-state index in [2.05, 4.69) is 5.32 Å². The van der Waals surface area contributed by atoms with E-state index in [9.17, 15) is 22.4 Å². The predicted octanol–water partition coefficient (Wildman–Crippen LogP) is 4.04. The van der Waals surface area contributed by atoms with Crippen molar-refractivity contribution in [2.24, 2.45) is 5.92 Å². The summed E-state index contributed by atoms with van der Waals surface area (Å²) in [4.78, 5) is 12.3. The Balaban J connectivity index is 1.75. The van der Waals surface area contributed by atoms with Gasteiger partial charge in [0.1, 0.15) is 23.9 Å². The van der Waals surface area contributed by atoms with Crippen LogP contribution < -0.4 is 14.8 Å². The van der Waals surface area contributed by atoms with Crippen LogP contribution in [0.3, 0.4) is 0 Å². The molecule has 3 rings (SSSR count). The highest BCUT2D eigenvalue weighted by Crippen LogP contribution is 2.33. The van der Waals surface area contributed by atoms with E-state index in [0.717, 1.165) is 5.56 Å². The van der Waals surface area contributed by atoms with Gasteiger partial charge in [0, 0.05) is 6.07 Å². The van der Waals surface area contributed by atoms with Crippen molar-refractivity contribution in [3.63, 3.8) is 0 Å². The monoisotopic (exact) mass is 369 g/mol. The number of amides is 1. The molecule has 8 heteroatoms.